The number of carboxylic acids is 1. The number of ether oxygens (including phenoxy) is 6. The summed E-state index contributed by atoms with van der Waals surface area (Å²) in [4.78, 5) is 80.5. The standard InChI is InChI=1S/C27H30N6O3.C26H29N5O3.C23H22N6O2.C22H22N6O.C2H4O2.CH4N2.CH4O.ClH/c1-27(2,3)36-26(34)32-15-7-8-19(16-32)33-25-22(24(28)29-17-30-25)23(31-33)18-11-13-21(14-12-18)35-20-9-5-4-6-10-20;1-26(2,3)34-25(32)30-16-8-9-19(17-30)31-24(27)23(28-4)22(29-31)18-12-14-21(15-13-18)33-20-10-6-5-7-11-20;24-22-20-21(16-8-10-19(11-9-16)31-18-6-2-1-3-7-18)27-29(23(20)26-14-25-22)17-5-4-12-28(13-17)15-30;23-21-19-20(15-8-10-18(11-9-15)29-17-6-2-1-3-7-17)27-28(22(19)26-14-25-21)16-5-4-12-24-13-16;1-2(3)4;2-1-3;1-2;/h4-6,9-14,17,19H,7-8,15-16H2,1-3H3,(H2,28,29,30);5-7,10-15,19H,8-9,16-17,27H2,1-3H3;1-3,6-11,14-15,17H,4-5,12-13H2,(H2,24,25,26);1-3,6-11,14,16,24H,4-5,12-13H2,(H2,23,25,26);1H3,(H,3,4);1H,(H3,2,3);2H,1H3;1H. The van der Waals surface area contributed by atoms with Crippen LogP contribution in [-0.4, -0.2) is 196 Å². The summed E-state index contributed by atoms with van der Waals surface area (Å²) in [5, 5.41) is 45.4. The molecule has 37 nitrogen and oxygen atoms in total. The van der Waals surface area contributed by atoms with E-state index in [-0.39, 0.29) is 48.8 Å². The number of piperidine rings is 4. The number of carbonyl (C=O) groups excluding carboxylic acids is 3. The van der Waals surface area contributed by atoms with Crippen molar-refractivity contribution < 1.29 is 57.8 Å². The van der Waals surface area contributed by atoms with Crippen LogP contribution < -0.4 is 52.9 Å². The lowest BCUT2D eigenvalue weighted by molar-refractivity contribution is -0.134. The molecule has 4 fully saturated rings. The Kier molecular flexibility index (Phi) is 35.5. The molecule has 4 aliphatic heterocycles. The van der Waals surface area contributed by atoms with Crippen LogP contribution in [0.5, 0.6) is 46.0 Å². The van der Waals surface area contributed by atoms with Crippen LogP contribution >= 0.6 is 12.4 Å². The summed E-state index contributed by atoms with van der Waals surface area (Å²) in [6, 6.07) is 69.3. The number of hydrogen-bond acceptors (Lipinski definition) is 27. The van der Waals surface area contributed by atoms with E-state index in [0.29, 0.717) is 95.5 Å². The van der Waals surface area contributed by atoms with Crippen LogP contribution in [0.3, 0.4) is 0 Å². The molecule has 728 valence electrons. The van der Waals surface area contributed by atoms with Gasteiger partial charge in [-0.25, -0.2) is 58.4 Å². The van der Waals surface area contributed by atoms with Gasteiger partial charge in [0.05, 0.1) is 53.2 Å². The summed E-state index contributed by atoms with van der Waals surface area (Å²) >= 11 is 0. The minimum atomic E-state index is -0.833. The molecule has 0 spiro atoms. The first-order valence-corrected chi connectivity index (χ1v) is 45.5. The van der Waals surface area contributed by atoms with Crippen molar-refractivity contribution in [2.75, 3.05) is 82.4 Å². The van der Waals surface area contributed by atoms with Gasteiger partial charge >= 0.3 is 12.2 Å². The highest BCUT2D eigenvalue weighted by Gasteiger charge is 2.35. The van der Waals surface area contributed by atoms with Gasteiger partial charge in [-0.3, -0.25) is 19.7 Å². The van der Waals surface area contributed by atoms with Gasteiger partial charge in [0.2, 0.25) is 6.41 Å². The number of aromatic nitrogens is 14. The lowest BCUT2D eigenvalue weighted by atomic mass is 10.1. The zero-order valence-electron chi connectivity index (χ0n) is 79.1. The molecule has 0 bridgehead atoms. The van der Waals surface area contributed by atoms with Crippen molar-refractivity contribution in [3.63, 3.8) is 0 Å². The second-order valence-electron chi connectivity index (χ2n) is 34.7. The third-order valence-electron chi connectivity index (χ3n) is 22.3. The molecule has 8 aromatic carbocycles. The van der Waals surface area contributed by atoms with Gasteiger partial charge in [-0.05, 0) is 238 Å². The number of aliphatic hydroxyl groups is 1. The van der Waals surface area contributed by atoms with Crippen LogP contribution in [0.4, 0.5) is 38.5 Å². The smallest absolute Gasteiger partial charge is 0.410 e. The van der Waals surface area contributed by atoms with Gasteiger partial charge in [0.25, 0.3) is 11.7 Å². The van der Waals surface area contributed by atoms with E-state index in [1.165, 1.54) is 19.0 Å². The van der Waals surface area contributed by atoms with Crippen LogP contribution in [-0.2, 0) is 19.1 Å². The van der Waals surface area contributed by atoms with Crippen molar-refractivity contribution in [2.24, 2.45) is 5.73 Å². The fourth-order valence-electron chi connectivity index (χ4n) is 16.2. The number of benzene rings is 8. The van der Waals surface area contributed by atoms with Crippen molar-refractivity contribution in [3.8, 4) is 91.0 Å². The van der Waals surface area contributed by atoms with Crippen LogP contribution in [0.2, 0.25) is 0 Å². The number of likely N-dealkylation sites (tertiary alicyclic amines) is 3. The predicted molar refractivity (Wildman–Crippen MR) is 541 cm³/mol. The monoisotopic (exact) mass is 1920 g/mol. The maximum atomic E-state index is 12.7. The van der Waals surface area contributed by atoms with Crippen LogP contribution in [0.15, 0.2) is 237 Å². The van der Waals surface area contributed by atoms with E-state index in [9.17, 15) is 14.4 Å². The molecule has 0 radical (unpaired) electrons. The Bertz CT molecular complexity index is 6630. The lowest BCUT2D eigenvalue weighted by Crippen LogP contribution is -2.43. The number of amides is 3. The molecule has 4 saturated heterocycles. The van der Waals surface area contributed by atoms with Gasteiger partial charge in [0, 0.05) is 76.5 Å². The average Bonchev–Trinajstić information content (AvgIpc) is 1.61. The maximum absolute atomic E-state index is 12.7. The van der Waals surface area contributed by atoms with E-state index in [2.05, 4.69) is 45.8 Å². The van der Waals surface area contributed by atoms with Gasteiger partial charge in [0.15, 0.2) is 16.9 Å². The van der Waals surface area contributed by atoms with Crippen molar-refractivity contribution in [2.45, 2.75) is 135 Å². The first-order chi connectivity index (χ1) is 67.2. The molecule has 19 rings (SSSR count). The molecule has 140 heavy (non-hydrogen) atoms. The Morgan fingerprint density at radius 2 is 0.721 bits per heavy atom. The van der Waals surface area contributed by atoms with E-state index >= 15 is 0 Å². The first kappa shape index (κ1) is 103. The summed E-state index contributed by atoms with van der Waals surface area (Å²) in [6.07, 6.45) is 12.8. The molecule has 11 heterocycles. The maximum Gasteiger partial charge on any atom is 0.410 e. The minimum Gasteiger partial charge on any atom is -0.481 e. The Hall–Kier alpha value is -16.3. The molecule has 38 heteroatoms. The summed E-state index contributed by atoms with van der Waals surface area (Å²) in [5.74, 6) is 6.69. The van der Waals surface area contributed by atoms with Gasteiger partial charge < -0.3 is 87.3 Å². The van der Waals surface area contributed by atoms with Crippen LogP contribution in [0, 0.1) is 12.0 Å². The summed E-state index contributed by atoms with van der Waals surface area (Å²) < 4.78 is 42.2. The molecule has 4 unspecified atom stereocenters. The summed E-state index contributed by atoms with van der Waals surface area (Å²) in [5.41, 5.74) is 37.1. The normalized spacial score (nSPS) is 15.5. The fraction of sp³-hybridized carbons (Fsp3) is 0.294. The molecule has 0 saturated carbocycles. The van der Waals surface area contributed by atoms with E-state index < -0.39 is 17.2 Å². The van der Waals surface area contributed by atoms with Crippen molar-refractivity contribution in [1.29, 1.82) is 5.41 Å². The zero-order valence-corrected chi connectivity index (χ0v) is 79.9. The van der Waals surface area contributed by atoms with E-state index in [0.717, 1.165) is 188 Å². The molecule has 4 aliphatic rings. The number of anilines is 4. The molecular formula is C102H116ClN25O12. The molecule has 3 amide bonds. The summed E-state index contributed by atoms with van der Waals surface area (Å²) in [7, 11) is 1.00. The van der Waals surface area contributed by atoms with E-state index in [4.69, 9.17) is 98.7 Å². The number of hydrogen-bond donors (Lipinski definition) is 9. The Morgan fingerprint density at radius 3 is 1.03 bits per heavy atom. The SMILES string of the molecule is CC(=O)O.CC(C)(C)OC(=O)N1CCCC(n2nc(-c3ccc(Oc4ccccc4)cc3)c3c(N)ncnc32)C1.CO.Cl.N=CN.Nc1ncnc2c1c(-c1ccc(Oc3ccccc3)cc1)nn2C1CCCN(C=O)C1.Nc1ncnc2c1c(-c1ccc(Oc3ccccc3)cc1)nn2C1CCCNC1.[C-]#[N+]c1c(-c2ccc(Oc3ccccc3)cc2)nn(C2CCCN(C(=O)OC(C)(C)C)C2)c1N. The Balaban J connectivity index is 0.000000162. The largest absolute Gasteiger partial charge is 0.481 e. The number of fused-ring (bicyclic) bond motifs is 3. The number of carboxylic acid groups (broad SMARTS) is 1. The van der Waals surface area contributed by atoms with Crippen molar-refractivity contribution in [1.82, 2.24) is 89.0 Å². The highest BCUT2D eigenvalue weighted by molar-refractivity contribution is 6.00. The Labute approximate surface area is 816 Å². The number of halogens is 1. The van der Waals surface area contributed by atoms with Crippen molar-refractivity contribution in [3.05, 3.63) is 249 Å². The van der Waals surface area contributed by atoms with Gasteiger partial charge in [0.1, 0.15) is 122 Å². The third kappa shape index (κ3) is 26.7. The van der Waals surface area contributed by atoms with E-state index in [1.54, 1.807) is 19.4 Å². The second-order valence-corrected chi connectivity index (χ2v) is 34.7. The number of para-hydroxylation sites is 4. The molecule has 14 N–H and O–H groups in total. The number of carbonyl (C=O) groups is 4. The highest BCUT2D eigenvalue weighted by Crippen LogP contribution is 2.43. The number of rotatable bonds is 17. The molecule has 0 aliphatic carbocycles. The number of nitrogens with one attached hydrogen (secondary N) is 2. The highest BCUT2D eigenvalue weighted by atomic mass is 35.5. The third-order valence-corrected chi connectivity index (χ3v) is 22.3. The lowest BCUT2D eigenvalue weighted by Gasteiger charge is -2.34. The van der Waals surface area contributed by atoms with Gasteiger partial charge in [-0.1, -0.05) is 84.9 Å². The fourth-order valence-corrected chi connectivity index (χ4v) is 16.2. The minimum absolute atomic E-state index is 0. The zero-order chi connectivity index (χ0) is 98.7. The molecule has 15 aromatic rings. The second kappa shape index (κ2) is 48.4. The molecule has 4 atom stereocenters. The van der Waals surface area contributed by atoms with Crippen LogP contribution in [0.1, 0.15) is 124 Å². The van der Waals surface area contributed by atoms with Crippen molar-refractivity contribution >= 4 is 105 Å². The summed E-state index contributed by atoms with van der Waals surface area (Å²) in [6.45, 7) is 25.4. The first-order valence-electron chi connectivity index (χ1n) is 45.5. The quantitative estimate of drug-likeness (QED) is 0.0177. The van der Waals surface area contributed by atoms with Gasteiger partial charge in [-0.2, -0.15) is 20.4 Å². The van der Waals surface area contributed by atoms with Gasteiger partial charge in [-0.15, -0.1) is 12.4 Å². The number of aliphatic carboxylic acids is 1. The Morgan fingerprint density at radius 1 is 0.436 bits per heavy atom. The topological polar surface area (TPSA) is 493 Å². The number of aliphatic hydroxyl groups excluding tert-OH is 1. The number of nitrogens with two attached hydrogens (primary N) is 5. The average molecular weight is 1920 g/mol. The number of nitrogens with zero attached hydrogens (tertiary/aromatic N) is 18. The predicted octanol–water partition coefficient (Wildman–Crippen LogP) is 18.6. The number of nitrogen functional groups attached to an aromatic ring is 4. The van der Waals surface area contributed by atoms with E-state index in [1.807, 2.05) is 274 Å². The van der Waals surface area contributed by atoms with Crippen LogP contribution in [0.25, 0.3) is 83.0 Å². The molecule has 7 aromatic heterocycles. The molecular weight excluding hydrogens is 1800 g/mol.